The van der Waals surface area contributed by atoms with E-state index in [0.717, 1.165) is 4.47 Å². The number of nitrogens with zero attached hydrogens (tertiary/aromatic N) is 2. The first kappa shape index (κ1) is 14.7. The molecule has 1 heterocycles. The number of allylic oxidation sites excluding steroid dienone is 1. The van der Waals surface area contributed by atoms with Crippen molar-refractivity contribution in [1.82, 2.24) is 9.78 Å². The Balaban J connectivity index is 2.18. The van der Waals surface area contributed by atoms with Gasteiger partial charge in [-0.1, -0.05) is 15.9 Å². The quantitative estimate of drug-likeness (QED) is 0.617. The Morgan fingerprint density at radius 1 is 1.45 bits per heavy atom. The minimum atomic E-state index is -0.366. The standard InChI is InChI=1S/C15H14BrFN2O/c1-10(2)19-9-12(8-18-19)15(20)6-3-11-7-13(16)4-5-14(11)17/h3-10H,1-2H3. The second-order valence-corrected chi connectivity index (χ2v) is 5.58. The maximum absolute atomic E-state index is 13.5. The first-order chi connectivity index (χ1) is 9.47. The molecule has 0 aliphatic heterocycles. The van der Waals surface area contributed by atoms with Gasteiger partial charge < -0.3 is 0 Å². The molecule has 0 spiro atoms. The van der Waals surface area contributed by atoms with Gasteiger partial charge in [-0.15, -0.1) is 0 Å². The van der Waals surface area contributed by atoms with Crippen molar-refractivity contribution in [2.75, 3.05) is 0 Å². The van der Waals surface area contributed by atoms with Crippen molar-refractivity contribution in [3.8, 4) is 0 Å². The minimum Gasteiger partial charge on any atom is -0.289 e. The summed E-state index contributed by atoms with van der Waals surface area (Å²) in [6, 6.07) is 4.78. The number of halogens is 2. The van der Waals surface area contributed by atoms with Crippen molar-refractivity contribution in [3.63, 3.8) is 0 Å². The van der Waals surface area contributed by atoms with E-state index < -0.39 is 0 Å². The fourth-order valence-electron chi connectivity index (χ4n) is 1.65. The molecule has 0 aliphatic rings. The molecule has 0 amide bonds. The molecular weight excluding hydrogens is 323 g/mol. The summed E-state index contributed by atoms with van der Waals surface area (Å²) in [5, 5.41) is 4.10. The number of carbonyl (C=O) groups is 1. The zero-order valence-corrected chi connectivity index (χ0v) is 12.8. The number of ketones is 1. The summed E-state index contributed by atoms with van der Waals surface area (Å²) in [5.41, 5.74) is 0.856. The molecule has 1 aromatic heterocycles. The van der Waals surface area contributed by atoms with E-state index >= 15 is 0 Å². The number of carbonyl (C=O) groups excluding carboxylic acids is 1. The average Bonchev–Trinajstić information content (AvgIpc) is 2.89. The molecule has 0 saturated carbocycles. The van der Waals surface area contributed by atoms with Crippen LogP contribution in [-0.4, -0.2) is 15.6 Å². The lowest BCUT2D eigenvalue weighted by molar-refractivity contribution is 0.104. The molecular formula is C15H14BrFN2O. The van der Waals surface area contributed by atoms with Crippen LogP contribution in [-0.2, 0) is 0 Å². The molecule has 2 aromatic rings. The van der Waals surface area contributed by atoms with Crippen molar-refractivity contribution < 1.29 is 9.18 Å². The minimum absolute atomic E-state index is 0.197. The summed E-state index contributed by atoms with van der Waals surface area (Å²) in [4.78, 5) is 12.0. The van der Waals surface area contributed by atoms with Crippen LogP contribution < -0.4 is 0 Å². The molecule has 20 heavy (non-hydrogen) atoms. The molecule has 0 unspecified atom stereocenters. The van der Waals surface area contributed by atoms with Gasteiger partial charge in [-0.05, 0) is 44.2 Å². The molecule has 0 fully saturated rings. The van der Waals surface area contributed by atoms with E-state index in [0.29, 0.717) is 11.1 Å². The Morgan fingerprint density at radius 3 is 2.85 bits per heavy atom. The Labute approximate surface area is 125 Å². The van der Waals surface area contributed by atoms with E-state index in [2.05, 4.69) is 21.0 Å². The molecule has 0 N–H and O–H groups in total. The maximum atomic E-state index is 13.5. The molecule has 104 valence electrons. The van der Waals surface area contributed by atoms with Crippen molar-refractivity contribution in [1.29, 1.82) is 0 Å². The van der Waals surface area contributed by atoms with Gasteiger partial charge in [-0.2, -0.15) is 5.10 Å². The third-order valence-electron chi connectivity index (χ3n) is 2.79. The largest absolute Gasteiger partial charge is 0.289 e. The average molecular weight is 337 g/mol. The molecule has 0 saturated heterocycles. The predicted octanol–water partition coefficient (Wildman–Crippen LogP) is 4.26. The van der Waals surface area contributed by atoms with E-state index in [1.807, 2.05) is 13.8 Å². The van der Waals surface area contributed by atoms with E-state index in [9.17, 15) is 9.18 Å². The van der Waals surface area contributed by atoms with Crippen LogP contribution >= 0.6 is 15.9 Å². The van der Waals surface area contributed by atoms with Crippen LogP contribution in [0.3, 0.4) is 0 Å². The Hall–Kier alpha value is -1.75. The van der Waals surface area contributed by atoms with Gasteiger partial charge >= 0.3 is 0 Å². The highest BCUT2D eigenvalue weighted by molar-refractivity contribution is 9.10. The van der Waals surface area contributed by atoms with Gasteiger partial charge in [0.1, 0.15) is 5.82 Å². The van der Waals surface area contributed by atoms with Crippen molar-refractivity contribution >= 4 is 27.8 Å². The summed E-state index contributed by atoms with van der Waals surface area (Å²) in [6.07, 6.45) is 6.03. The van der Waals surface area contributed by atoms with Gasteiger partial charge in [0.25, 0.3) is 0 Å². The smallest absolute Gasteiger partial charge is 0.189 e. The van der Waals surface area contributed by atoms with E-state index in [4.69, 9.17) is 0 Å². The zero-order chi connectivity index (χ0) is 14.7. The van der Waals surface area contributed by atoms with Crippen LogP contribution in [0.4, 0.5) is 4.39 Å². The third kappa shape index (κ3) is 3.42. The SMILES string of the molecule is CC(C)n1cc(C(=O)C=Cc2cc(Br)ccc2F)cn1. The number of hydrogen-bond acceptors (Lipinski definition) is 2. The first-order valence-electron chi connectivity index (χ1n) is 6.19. The Morgan fingerprint density at radius 2 is 2.20 bits per heavy atom. The molecule has 2 rings (SSSR count). The molecule has 0 bridgehead atoms. The summed E-state index contributed by atoms with van der Waals surface area (Å²) in [7, 11) is 0. The Kier molecular flexibility index (Phi) is 4.49. The molecule has 1 aromatic carbocycles. The monoisotopic (exact) mass is 336 g/mol. The fourth-order valence-corrected chi connectivity index (χ4v) is 2.03. The van der Waals surface area contributed by atoms with Crippen LogP contribution in [0.2, 0.25) is 0 Å². The van der Waals surface area contributed by atoms with Gasteiger partial charge in [0, 0.05) is 22.3 Å². The second kappa shape index (κ2) is 6.13. The maximum Gasteiger partial charge on any atom is 0.189 e. The van der Waals surface area contributed by atoms with E-state index in [-0.39, 0.29) is 17.6 Å². The molecule has 0 aliphatic carbocycles. The second-order valence-electron chi connectivity index (χ2n) is 4.67. The van der Waals surface area contributed by atoms with E-state index in [1.165, 1.54) is 24.4 Å². The van der Waals surface area contributed by atoms with Crippen molar-refractivity contribution in [2.45, 2.75) is 19.9 Å². The van der Waals surface area contributed by atoms with Gasteiger partial charge in [-0.3, -0.25) is 9.48 Å². The topological polar surface area (TPSA) is 34.9 Å². The van der Waals surface area contributed by atoms with Crippen molar-refractivity contribution in [3.05, 3.63) is 58.1 Å². The van der Waals surface area contributed by atoms with Crippen LogP contribution in [0.15, 0.2) is 41.1 Å². The highest BCUT2D eigenvalue weighted by Crippen LogP contribution is 2.17. The fraction of sp³-hybridized carbons (Fsp3) is 0.200. The highest BCUT2D eigenvalue weighted by atomic mass is 79.9. The Bertz CT molecular complexity index is 662. The number of aromatic nitrogens is 2. The summed E-state index contributed by atoms with van der Waals surface area (Å²) >= 11 is 3.27. The lowest BCUT2D eigenvalue weighted by Crippen LogP contribution is -2.00. The highest BCUT2D eigenvalue weighted by Gasteiger charge is 2.07. The van der Waals surface area contributed by atoms with Crippen LogP contribution in [0, 0.1) is 5.82 Å². The predicted molar refractivity (Wildman–Crippen MR) is 80.1 cm³/mol. The lowest BCUT2D eigenvalue weighted by Gasteiger charge is -2.02. The number of rotatable bonds is 4. The third-order valence-corrected chi connectivity index (χ3v) is 3.28. The van der Waals surface area contributed by atoms with Crippen LogP contribution in [0.5, 0.6) is 0 Å². The lowest BCUT2D eigenvalue weighted by atomic mass is 10.1. The molecule has 5 heteroatoms. The number of hydrogen-bond donors (Lipinski definition) is 0. The first-order valence-corrected chi connectivity index (χ1v) is 6.98. The van der Waals surface area contributed by atoms with Crippen molar-refractivity contribution in [2.24, 2.45) is 0 Å². The summed E-state index contributed by atoms with van der Waals surface area (Å²) in [5.74, 6) is -0.564. The van der Waals surface area contributed by atoms with Gasteiger partial charge in [-0.25, -0.2) is 4.39 Å². The molecule has 0 atom stereocenters. The molecule has 0 radical (unpaired) electrons. The van der Waals surface area contributed by atoms with Gasteiger partial charge in [0.05, 0.1) is 11.8 Å². The molecule has 3 nitrogen and oxygen atoms in total. The normalized spacial score (nSPS) is 11.4. The van der Waals surface area contributed by atoms with Crippen LogP contribution in [0.25, 0.3) is 6.08 Å². The number of benzene rings is 1. The summed E-state index contributed by atoms with van der Waals surface area (Å²) < 4.78 is 16.0. The zero-order valence-electron chi connectivity index (χ0n) is 11.2. The van der Waals surface area contributed by atoms with E-state index in [1.54, 1.807) is 23.0 Å². The summed E-state index contributed by atoms with van der Waals surface area (Å²) in [6.45, 7) is 3.96. The van der Waals surface area contributed by atoms with Gasteiger partial charge in [0.15, 0.2) is 5.78 Å². The van der Waals surface area contributed by atoms with Crippen LogP contribution in [0.1, 0.15) is 35.8 Å². The van der Waals surface area contributed by atoms with Gasteiger partial charge in [0.2, 0.25) is 0 Å².